The molecule has 1 nitrogen and oxygen atoms in total. The molecule has 1 N–H and O–H groups in total. The highest BCUT2D eigenvalue weighted by Gasteiger charge is 2.70. The molecule has 1 aromatic carbocycles. The van der Waals surface area contributed by atoms with Crippen molar-refractivity contribution in [3.05, 3.63) is 34.3 Å². The quantitative estimate of drug-likeness (QED) is 0.540. The summed E-state index contributed by atoms with van der Waals surface area (Å²) in [5.74, 6) is 5.19. The summed E-state index contributed by atoms with van der Waals surface area (Å²) in [7, 11) is 0. The summed E-state index contributed by atoms with van der Waals surface area (Å²) >= 11 is 6.42. The molecule has 8 bridgehead atoms. The Labute approximate surface area is 187 Å². The molecule has 0 aliphatic heterocycles. The SMILES string of the molecule is Cc1cc(Cl)ccc1C(O)(C12CC3CC(CC(C3)C1)C2)C12CC3CC(CC(C3)C1)C2. The van der Waals surface area contributed by atoms with E-state index in [9.17, 15) is 5.11 Å². The molecule has 2 heteroatoms. The van der Waals surface area contributed by atoms with E-state index in [-0.39, 0.29) is 10.8 Å². The van der Waals surface area contributed by atoms with Gasteiger partial charge in [0, 0.05) is 15.9 Å². The number of rotatable bonds is 3. The zero-order chi connectivity index (χ0) is 20.3. The second kappa shape index (κ2) is 6.07. The fraction of sp³-hybridized carbons (Fsp3) is 0.786. The van der Waals surface area contributed by atoms with E-state index in [0.717, 1.165) is 40.5 Å². The number of aliphatic hydroxyl groups is 1. The van der Waals surface area contributed by atoms with Gasteiger partial charge in [0.15, 0.2) is 0 Å². The topological polar surface area (TPSA) is 20.2 Å². The Morgan fingerprint density at radius 3 is 1.43 bits per heavy atom. The highest BCUT2D eigenvalue weighted by molar-refractivity contribution is 6.30. The molecule has 9 rings (SSSR count). The van der Waals surface area contributed by atoms with Crippen LogP contribution in [-0.2, 0) is 5.60 Å². The number of aryl methyl sites for hydroxylation is 1. The lowest BCUT2D eigenvalue weighted by Crippen LogP contribution is -2.67. The summed E-state index contributed by atoms with van der Waals surface area (Å²) < 4.78 is 0. The molecule has 0 spiro atoms. The number of hydrogen-bond acceptors (Lipinski definition) is 1. The van der Waals surface area contributed by atoms with Crippen molar-refractivity contribution < 1.29 is 5.11 Å². The Morgan fingerprint density at radius 1 is 0.733 bits per heavy atom. The van der Waals surface area contributed by atoms with Crippen molar-refractivity contribution in [2.24, 2.45) is 46.3 Å². The fourth-order valence-electron chi connectivity index (χ4n) is 11.3. The van der Waals surface area contributed by atoms with E-state index in [1.165, 1.54) is 88.2 Å². The number of hydrogen-bond donors (Lipinski definition) is 1. The molecule has 1 aromatic rings. The highest BCUT2D eigenvalue weighted by Crippen LogP contribution is 2.75. The van der Waals surface area contributed by atoms with Crippen LogP contribution in [0, 0.1) is 53.3 Å². The maximum atomic E-state index is 13.4. The lowest BCUT2D eigenvalue weighted by atomic mass is 9.35. The summed E-state index contributed by atoms with van der Waals surface area (Å²) in [6.45, 7) is 2.22. The molecule has 0 amide bonds. The van der Waals surface area contributed by atoms with Gasteiger partial charge in [0.25, 0.3) is 0 Å². The van der Waals surface area contributed by atoms with Crippen molar-refractivity contribution in [1.82, 2.24) is 0 Å². The molecule has 0 saturated heterocycles. The van der Waals surface area contributed by atoms with Crippen LogP contribution in [0.4, 0.5) is 0 Å². The molecule has 162 valence electrons. The van der Waals surface area contributed by atoms with E-state index in [4.69, 9.17) is 11.6 Å². The lowest BCUT2D eigenvalue weighted by Gasteiger charge is -2.71. The van der Waals surface area contributed by atoms with Gasteiger partial charge in [0.05, 0.1) is 0 Å². The van der Waals surface area contributed by atoms with Crippen LogP contribution in [0.2, 0.25) is 5.02 Å². The van der Waals surface area contributed by atoms with Crippen LogP contribution >= 0.6 is 11.6 Å². The van der Waals surface area contributed by atoms with Crippen LogP contribution in [0.3, 0.4) is 0 Å². The molecule has 0 atom stereocenters. The van der Waals surface area contributed by atoms with Gasteiger partial charge in [0.2, 0.25) is 0 Å². The van der Waals surface area contributed by atoms with Crippen molar-refractivity contribution in [2.45, 2.75) is 89.6 Å². The van der Waals surface area contributed by atoms with E-state index in [1.54, 1.807) is 0 Å². The first kappa shape index (κ1) is 19.0. The average Bonchev–Trinajstić information content (AvgIpc) is 2.65. The minimum Gasteiger partial charge on any atom is -0.384 e. The van der Waals surface area contributed by atoms with Gasteiger partial charge in [-0.1, -0.05) is 17.7 Å². The highest BCUT2D eigenvalue weighted by atomic mass is 35.5. The largest absolute Gasteiger partial charge is 0.384 e. The minimum atomic E-state index is -0.666. The van der Waals surface area contributed by atoms with E-state index >= 15 is 0 Å². The normalized spacial score (nSPS) is 50.1. The maximum absolute atomic E-state index is 13.4. The average molecular weight is 425 g/mol. The second-order valence-corrected chi connectivity index (χ2v) is 13.5. The van der Waals surface area contributed by atoms with Gasteiger partial charge in [-0.25, -0.2) is 0 Å². The molecular formula is C28H37ClO. The minimum absolute atomic E-state index is 0.103. The lowest BCUT2D eigenvalue weighted by molar-refractivity contribution is -0.277. The zero-order valence-electron chi connectivity index (χ0n) is 18.5. The van der Waals surface area contributed by atoms with Gasteiger partial charge in [-0.05, 0) is 143 Å². The molecular weight excluding hydrogens is 388 g/mol. The molecule has 30 heavy (non-hydrogen) atoms. The molecule has 0 unspecified atom stereocenters. The molecule has 0 heterocycles. The van der Waals surface area contributed by atoms with Crippen molar-refractivity contribution in [2.75, 3.05) is 0 Å². The van der Waals surface area contributed by atoms with E-state index in [2.05, 4.69) is 25.1 Å². The fourth-order valence-corrected chi connectivity index (χ4v) is 11.5. The standard InChI is InChI=1S/C28H37ClO/c1-17-4-24(29)2-3-25(17)28(30,26-11-18-5-19(12-26)7-20(6-18)13-26)27-14-21-8-22(15-27)10-23(9-21)16-27/h2-4,18-23,30H,5-16H2,1H3. The van der Waals surface area contributed by atoms with Crippen molar-refractivity contribution in [3.8, 4) is 0 Å². The van der Waals surface area contributed by atoms with E-state index < -0.39 is 5.60 Å². The van der Waals surface area contributed by atoms with Gasteiger partial charge in [-0.3, -0.25) is 0 Å². The third-order valence-corrected chi connectivity index (χ3v) is 11.4. The maximum Gasteiger partial charge on any atom is 0.101 e. The Morgan fingerprint density at radius 2 is 1.10 bits per heavy atom. The van der Waals surface area contributed by atoms with Crippen molar-refractivity contribution in [3.63, 3.8) is 0 Å². The molecule has 8 saturated carbocycles. The monoisotopic (exact) mass is 424 g/mol. The van der Waals surface area contributed by atoms with Gasteiger partial charge in [-0.15, -0.1) is 0 Å². The Hall–Kier alpha value is -0.530. The Kier molecular flexibility index (Phi) is 3.84. The van der Waals surface area contributed by atoms with Gasteiger partial charge >= 0.3 is 0 Å². The van der Waals surface area contributed by atoms with Crippen LogP contribution < -0.4 is 0 Å². The molecule has 0 radical (unpaired) electrons. The third kappa shape index (κ3) is 2.35. The van der Waals surface area contributed by atoms with E-state index in [1.807, 2.05) is 0 Å². The smallest absolute Gasteiger partial charge is 0.101 e. The first-order chi connectivity index (χ1) is 14.4. The van der Waals surface area contributed by atoms with Crippen LogP contribution in [0.25, 0.3) is 0 Å². The Bertz CT molecular complexity index is 770. The summed E-state index contributed by atoms with van der Waals surface area (Å²) in [6.07, 6.45) is 16.3. The van der Waals surface area contributed by atoms with E-state index in [0.29, 0.717) is 0 Å². The van der Waals surface area contributed by atoms with Crippen molar-refractivity contribution in [1.29, 1.82) is 0 Å². The van der Waals surface area contributed by atoms with Crippen LogP contribution in [-0.4, -0.2) is 5.11 Å². The predicted molar refractivity (Wildman–Crippen MR) is 121 cm³/mol. The summed E-state index contributed by atoms with van der Waals surface area (Å²) in [4.78, 5) is 0. The Balaban J connectivity index is 1.44. The van der Waals surface area contributed by atoms with Gasteiger partial charge in [-0.2, -0.15) is 0 Å². The second-order valence-electron chi connectivity index (χ2n) is 13.1. The number of benzene rings is 1. The predicted octanol–water partition coefficient (Wildman–Crippen LogP) is 7.27. The summed E-state index contributed by atoms with van der Waals surface area (Å²) in [6, 6.07) is 6.44. The zero-order valence-corrected chi connectivity index (χ0v) is 19.3. The summed E-state index contributed by atoms with van der Waals surface area (Å²) in [5.41, 5.74) is 2.03. The third-order valence-electron chi connectivity index (χ3n) is 11.2. The van der Waals surface area contributed by atoms with Crippen molar-refractivity contribution >= 4 is 11.6 Å². The first-order valence-corrected chi connectivity index (χ1v) is 13.2. The molecule has 8 fully saturated rings. The molecule has 8 aliphatic carbocycles. The first-order valence-electron chi connectivity index (χ1n) is 12.9. The number of halogens is 1. The van der Waals surface area contributed by atoms with Crippen LogP contribution in [0.5, 0.6) is 0 Å². The molecule has 0 aromatic heterocycles. The summed E-state index contributed by atoms with van der Waals surface area (Å²) in [5, 5.41) is 14.3. The molecule has 8 aliphatic rings. The van der Waals surface area contributed by atoms with Gasteiger partial charge in [0.1, 0.15) is 5.60 Å². The van der Waals surface area contributed by atoms with Crippen LogP contribution in [0.1, 0.15) is 88.2 Å². The van der Waals surface area contributed by atoms with Gasteiger partial charge < -0.3 is 5.11 Å². The van der Waals surface area contributed by atoms with Crippen LogP contribution in [0.15, 0.2) is 18.2 Å².